The molecule has 9 nitrogen and oxygen atoms in total. The average molecular weight is 536 g/mol. The Morgan fingerprint density at radius 3 is 1.97 bits per heavy atom. The van der Waals surface area contributed by atoms with Crippen LogP contribution >= 0.6 is 0 Å². The fraction of sp³-hybridized carbons (Fsp3) is 0.655. The van der Waals surface area contributed by atoms with Crippen molar-refractivity contribution in [3.05, 3.63) is 23.8 Å². The van der Waals surface area contributed by atoms with Crippen LogP contribution in [-0.4, -0.2) is 43.1 Å². The third-order valence-electron chi connectivity index (χ3n) is 5.92. The first-order valence-corrected chi connectivity index (χ1v) is 13.6. The molecule has 0 saturated heterocycles. The lowest BCUT2D eigenvalue weighted by molar-refractivity contribution is -0.151. The number of ether oxygens (including phenoxy) is 4. The summed E-state index contributed by atoms with van der Waals surface area (Å²) in [5.74, 6) is -1.53. The Morgan fingerprint density at radius 1 is 0.868 bits per heavy atom. The molecule has 0 aromatic heterocycles. The molecule has 0 unspecified atom stereocenters. The van der Waals surface area contributed by atoms with Crippen LogP contribution in [0.2, 0.25) is 0 Å². The predicted octanol–water partition coefficient (Wildman–Crippen LogP) is 5.05. The van der Waals surface area contributed by atoms with Crippen molar-refractivity contribution in [2.75, 3.05) is 13.7 Å². The monoisotopic (exact) mass is 535 g/mol. The van der Waals surface area contributed by atoms with Gasteiger partial charge in [-0.25, -0.2) is 0 Å². The average Bonchev–Trinajstić information content (AvgIpc) is 2.85. The normalized spacial score (nSPS) is 12.5. The van der Waals surface area contributed by atoms with Gasteiger partial charge in [0.05, 0.1) is 13.7 Å². The molecule has 1 rings (SSSR count). The first-order chi connectivity index (χ1) is 18.0. The van der Waals surface area contributed by atoms with Gasteiger partial charge in [-0.2, -0.15) is 0 Å². The van der Waals surface area contributed by atoms with Crippen molar-refractivity contribution >= 4 is 23.9 Å². The number of benzene rings is 1. The lowest BCUT2D eigenvalue weighted by Gasteiger charge is -2.27. The second-order valence-corrected chi connectivity index (χ2v) is 10.0. The van der Waals surface area contributed by atoms with Crippen LogP contribution in [-0.2, 0) is 35.1 Å². The molecule has 1 aromatic carbocycles. The Labute approximate surface area is 226 Å². The SMILES string of the molecule is CCCCCC(=O)Oc1ccc(C[C@](N)(CCOC(=O)CC(C)C)C(=O)OC)cc1OC(=O)CCCCC. The molecular formula is C29H45NO8. The van der Waals surface area contributed by atoms with Gasteiger partial charge in [-0.1, -0.05) is 59.4 Å². The number of hydrogen-bond acceptors (Lipinski definition) is 9. The molecule has 1 aromatic rings. The Kier molecular flexibility index (Phi) is 15.3. The van der Waals surface area contributed by atoms with E-state index < -0.39 is 23.4 Å². The third-order valence-corrected chi connectivity index (χ3v) is 5.92. The molecule has 0 amide bonds. The maximum absolute atomic E-state index is 12.6. The summed E-state index contributed by atoms with van der Waals surface area (Å²) in [5.41, 5.74) is 5.50. The Bertz CT molecular complexity index is 914. The lowest BCUT2D eigenvalue weighted by Crippen LogP contribution is -2.51. The van der Waals surface area contributed by atoms with Crippen molar-refractivity contribution < 1.29 is 38.1 Å². The van der Waals surface area contributed by atoms with Crippen LogP contribution < -0.4 is 15.2 Å². The minimum absolute atomic E-state index is 0.0204. The maximum Gasteiger partial charge on any atom is 0.326 e. The summed E-state index contributed by atoms with van der Waals surface area (Å²) in [7, 11) is 1.24. The summed E-state index contributed by atoms with van der Waals surface area (Å²) in [4.78, 5) is 49.3. The minimum Gasteiger partial charge on any atom is -0.468 e. The Morgan fingerprint density at radius 2 is 1.45 bits per heavy atom. The summed E-state index contributed by atoms with van der Waals surface area (Å²) >= 11 is 0. The van der Waals surface area contributed by atoms with Crippen molar-refractivity contribution in [3.63, 3.8) is 0 Å². The molecule has 0 bridgehead atoms. The molecule has 2 N–H and O–H groups in total. The zero-order valence-electron chi connectivity index (χ0n) is 23.6. The van der Waals surface area contributed by atoms with E-state index in [0.717, 1.165) is 25.7 Å². The molecule has 0 heterocycles. The molecule has 0 aliphatic carbocycles. The highest BCUT2D eigenvalue weighted by atomic mass is 16.6. The lowest BCUT2D eigenvalue weighted by atomic mass is 9.88. The van der Waals surface area contributed by atoms with E-state index in [1.165, 1.54) is 13.2 Å². The second-order valence-electron chi connectivity index (χ2n) is 10.0. The van der Waals surface area contributed by atoms with Gasteiger partial charge in [0.25, 0.3) is 0 Å². The van der Waals surface area contributed by atoms with Crippen molar-refractivity contribution in [2.24, 2.45) is 11.7 Å². The summed E-state index contributed by atoms with van der Waals surface area (Å²) in [5, 5.41) is 0. The van der Waals surface area contributed by atoms with Gasteiger partial charge in [-0.05, 0) is 36.5 Å². The highest BCUT2D eigenvalue weighted by molar-refractivity contribution is 5.81. The van der Waals surface area contributed by atoms with Crippen molar-refractivity contribution in [2.45, 2.75) is 104 Å². The second kappa shape index (κ2) is 17.5. The highest BCUT2D eigenvalue weighted by Crippen LogP contribution is 2.31. The number of rotatable bonds is 18. The quantitative estimate of drug-likeness (QED) is 0.156. The minimum atomic E-state index is -1.49. The molecule has 0 radical (unpaired) electrons. The summed E-state index contributed by atoms with van der Waals surface area (Å²) in [6.07, 6.45) is 5.93. The molecular weight excluding hydrogens is 490 g/mol. The number of carbonyl (C=O) groups excluding carboxylic acids is 4. The zero-order valence-corrected chi connectivity index (χ0v) is 23.6. The maximum atomic E-state index is 12.6. The Balaban J connectivity index is 3.10. The standard InChI is InChI=1S/C29H45NO8/c1-6-8-10-12-25(31)37-23-15-14-22(19-24(23)38-26(32)13-11-9-7-2)20-29(30,28(34)35-5)16-17-36-27(33)18-21(3)4/h14-15,19,21H,6-13,16-18,20,30H2,1-5H3/t29-/m1/s1. The van der Waals surface area contributed by atoms with Crippen LogP contribution in [0.4, 0.5) is 0 Å². The van der Waals surface area contributed by atoms with Crippen molar-refractivity contribution in [1.82, 2.24) is 0 Å². The molecule has 0 saturated carbocycles. The molecule has 9 heteroatoms. The molecule has 38 heavy (non-hydrogen) atoms. The largest absolute Gasteiger partial charge is 0.468 e. The van der Waals surface area contributed by atoms with E-state index in [-0.39, 0.29) is 62.1 Å². The van der Waals surface area contributed by atoms with Gasteiger partial charge in [-0.3, -0.25) is 19.2 Å². The van der Waals surface area contributed by atoms with E-state index in [1.807, 2.05) is 27.7 Å². The molecule has 214 valence electrons. The Hall–Kier alpha value is -2.94. The van der Waals surface area contributed by atoms with E-state index in [2.05, 4.69) is 0 Å². The van der Waals surface area contributed by atoms with Crippen LogP contribution in [0.15, 0.2) is 18.2 Å². The third kappa shape index (κ3) is 12.5. The zero-order chi connectivity index (χ0) is 28.6. The van der Waals surface area contributed by atoms with Gasteiger partial charge in [0, 0.05) is 32.1 Å². The molecule has 0 fully saturated rings. The van der Waals surface area contributed by atoms with Gasteiger partial charge < -0.3 is 24.7 Å². The van der Waals surface area contributed by atoms with Crippen molar-refractivity contribution in [1.29, 1.82) is 0 Å². The van der Waals surface area contributed by atoms with Gasteiger partial charge in [0.2, 0.25) is 0 Å². The first kappa shape index (κ1) is 33.1. The molecule has 0 spiro atoms. The summed E-state index contributed by atoms with van der Waals surface area (Å²) < 4.78 is 21.2. The van der Waals surface area contributed by atoms with Crippen molar-refractivity contribution in [3.8, 4) is 11.5 Å². The summed E-state index contributed by atoms with van der Waals surface area (Å²) in [6, 6.07) is 4.72. The smallest absolute Gasteiger partial charge is 0.326 e. The number of carbonyl (C=O) groups is 4. The molecule has 1 atom stereocenters. The van der Waals surface area contributed by atoms with Gasteiger partial charge in [0.1, 0.15) is 5.54 Å². The van der Waals surface area contributed by atoms with Gasteiger partial charge in [0.15, 0.2) is 11.5 Å². The number of hydrogen-bond donors (Lipinski definition) is 1. The van der Waals surface area contributed by atoms with Crippen LogP contribution in [0, 0.1) is 5.92 Å². The summed E-state index contributed by atoms with van der Waals surface area (Å²) in [6.45, 7) is 7.84. The molecule has 0 aliphatic heterocycles. The van der Waals surface area contributed by atoms with Gasteiger partial charge in [-0.15, -0.1) is 0 Å². The van der Waals surface area contributed by atoms with Gasteiger partial charge >= 0.3 is 23.9 Å². The number of nitrogens with two attached hydrogens (primary N) is 1. The van der Waals surface area contributed by atoms with Crippen LogP contribution in [0.5, 0.6) is 11.5 Å². The fourth-order valence-corrected chi connectivity index (χ4v) is 3.78. The topological polar surface area (TPSA) is 131 Å². The van der Waals surface area contributed by atoms with E-state index in [9.17, 15) is 19.2 Å². The highest BCUT2D eigenvalue weighted by Gasteiger charge is 2.36. The first-order valence-electron chi connectivity index (χ1n) is 13.6. The number of unbranched alkanes of at least 4 members (excludes halogenated alkanes) is 4. The van der Waals surface area contributed by atoms with Crippen LogP contribution in [0.25, 0.3) is 0 Å². The number of methoxy groups -OCH3 is 1. The number of esters is 4. The molecule has 0 aliphatic rings. The predicted molar refractivity (Wildman–Crippen MR) is 144 cm³/mol. The van der Waals surface area contributed by atoms with E-state index >= 15 is 0 Å². The van der Waals surface area contributed by atoms with E-state index in [0.29, 0.717) is 18.4 Å². The van der Waals surface area contributed by atoms with E-state index in [4.69, 9.17) is 24.7 Å². The van der Waals surface area contributed by atoms with E-state index in [1.54, 1.807) is 12.1 Å². The van der Waals surface area contributed by atoms with Crippen LogP contribution in [0.1, 0.15) is 97.5 Å². The fourth-order valence-electron chi connectivity index (χ4n) is 3.78. The van der Waals surface area contributed by atoms with Crippen LogP contribution in [0.3, 0.4) is 0 Å².